The van der Waals surface area contributed by atoms with Gasteiger partial charge in [-0.15, -0.1) is 0 Å². The van der Waals surface area contributed by atoms with E-state index in [0.717, 1.165) is 26.2 Å². The van der Waals surface area contributed by atoms with Gasteiger partial charge in [-0.3, -0.25) is 13.9 Å². The number of hydrogen-bond donors (Lipinski definition) is 1. The second kappa shape index (κ2) is 14.7. The summed E-state index contributed by atoms with van der Waals surface area (Å²) < 4.78 is 33.2. The Morgan fingerprint density at radius 1 is 1.00 bits per heavy atom. The largest absolute Gasteiger partial charge is 0.495 e. The molecule has 0 bridgehead atoms. The lowest BCUT2D eigenvalue weighted by Gasteiger charge is -2.34. The van der Waals surface area contributed by atoms with Gasteiger partial charge in [0, 0.05) is 29.0 Å². The van der Waals surface area contributed by atoms with Crippen LogP contribution in [0.5, 0.6) is 5.75 Å². The fraction of sp³-hybridized carbons (Fsp3) is 0.333. The van der Waals surface area contributed by atoms with Crippen molar-refractivity contribution in [1.29, 1.82) is 0 Å². The molecule has 0 radical (unpaired) electrons. The van der Waals surface area contributed by atoms with Crippen molar-refractivity contribution in [2.24, 2.45) is 5.92 Å². The topological polar surface area (TPSA) is 96.0 Å². The zero-order valence-electron chi connectivity index (χ0n) is 23.5. The van der Waals surface area contributed by atoms with Crippen LogP contribution in [0.3, 0.4) is 0 Å². The highest BCUT2D eigenvalue weighted by molar-refractivity contribution is 9.10. The Kier molecular flexibility index (Phi) is 11.6. The molecule has 1 atom stereocenters. The molecule has 3 rings (SSSR count). The second-order valence-corrected chi connectivity index (χ2v) is 13.3. The minimum absolute atomic E-state index is 0.0863. The van der Waals surface area contributed by atoms with E-state index < -0.39 is 28.5 Å². The molecule has 0 aromatic heterocycles. The molecule has 0 saturated carbocycles. The molecule has 11 heteroatoms. The van der Waals surface area contributed by atoms with Gasteiger partial charge in [0.2, 0.25) is 21.8 Å². The summed E-state index contributed by atoms with van der Waals surface area (Å²) in [5.74, 6) is -0.439. The van der Waals surface area contributed by atoms with Crippen LogP contribution in [0.4, 0.5) is 5.69 Å². The van der Waals surface area contributed by atoms with Gasteiger partial charge in [-0.1, -0.05) is 83.8 Å². The van der Waals surface area contributed by atoms with Crippen molar-refractivity contribution in [3.63, 3.8) is 0 Å². The Labute approximate surface area is 255 Å². The number of hydrogen-bond acceptors (Lipinski definition) is 5. The molecule has 0 aliphatic rings. The summed E-state index contributed by atoms with van der Waals surface area (Å²) in [6.45, 7) is 3.93. The lowest BCUT2D eigenvalue weighted by molar-refractivity contribution is -0.140. The number of methoxy groups -OCH3 is 1. The number of carbonyl (C=O) groups is 2. The first-order chi connectivity index (χ1) is 19.4. The molecule has 0 aliphatic heterocycles. The van der Waals surface area contributed by atoms with Gasteiger partial charge < -0.3 is 15.0 Å². The van der Waals surface area contributed by atoms with Crippen molar-refractivity contribution in [2.75, 3.05) is 30.8 Å². The lowest BCUT2D eigenvalue weighted by atomic mass is 10.0. The SMILES string of the molecule is COc1ccc(Cl)cc1N(CC(=O)N(Cc1ccc(Br)cc1)[C@H](Cc1ccccc1)C(=O)NCC(C)C)S(C)(=O)=O. The quantitative estimate of drug-likeness (QED) is 0.268. The summed E-state index contributed by atoms with van der Waals surface area (Å²) in [7, 11) is -2.55. The van der Waals surface area contributed by atoms with Crippen LogP contribution in [-0.4, -0.2) is 57.6 Å². The minimum Gasteiger partial charge on any atom is -0.495 e. The van der Waals surface area contributed by atoms with Crippen molar-refractivity contribution in [3.8, 4) is 5.75 Å². The van der Waals surface area contributed by atoms with E-state index in [9.17, 15) is 18.0 Å². The average Bonchev–Trinajstić information content (AvgIpc) is 2.93. The average molecular weight is 665 g/mol. The van der Waals surface area contributed by atoms with Gasteiger partial charge in [-0.2, -0.15) is 0 Å². The maximum Gasteiger partial charge on any atom is 0.244 e. The third-order valence-corrected chi connectivity index (χ3v) is 8.20. The minimum atomic E-state index is -3.96. The monoisotopic (exact) mass is 663 g/mol. The predicted molar refractivity (Wildman–Crippen MR) is 167 cm³/mol. The van der Waals surface area contributed by atoms with E-state index in [1.807, 2.05) is 68.4 Å². The van der Waals surface area contributed by atoms with Crippen LogP contribution >= 0.6 is 27.5 Å². The molecule has 0 aliphatic carbocycles. The Morgan fingerprint density at radius 3 is 2.24 bits per heavy atom. The van der Waals surface area contributed by atoms with E-state index in [2.05, 4.69) is 21.2 Å². The van der Waals surface area contributed by atoms with E-state index in [0.29, 0.717) is 6.54 Å². The molecule has 0 spiro atoms. The number of anilines is 1. The molecule has 41 heavy (non-hydrogen) atoms. The Hall–Kier alpha value is -3.08. The molecule has 0 heterocycles. The smallest absolute Gasteiger partial charge is 0.244 e. The first-order valence-corrected chi connectivity index (χ1v) is 16.1. The van der Waals surface area contributed by atoms with Gasteiger partial charge in [0.15, 0.2) is 0 Å². The van der Waals surface area contributed by atoms with Crippen molar-refractivity contribution in [2.45, 2.75) is 32.9 Å². The highest BCUT2D eigenvalue weighted by Crippen LogP contribution is 2.33. The van der Waals surface area contributed by atoms with Crippen LogP contribution in [0, 0.1) is 5.92 Å². The molecule has 220 valence electrons. The van der Waals surface area contributed by atoms with Crippen LogP contribution in [-0.2, 0) is 32.6 Å². The van der Waals surface area contributed by atoms with Gasteiger partial charge in [0.05, 0.1) is 19.1 Å². The first-order valence-electron chi connectivity index (χ1n) is 13.1. The Morgan fingerprint density at radius 2 is 1.66 bits per heavy atom. The number of nitrogens with zero attached hydrogens (tertiary/aromatic N) is 2. The fourth-order valence-corrected chi connectivity index (χ4v) is 5.49. The number of amides is 2. The summed E-state index contributed by atoms with van der Waals surface area (Å²) in [5, 5.41) is 3.25. The summed E-state index contributed by atoms with van der Waals surface area (Å²) in [5.41, 5.74) is 1.77. The third kappa shape index (κ3) is 9.48. The molecule has 8 nitrogen and oxygen atoms in total. The third-order valence-electron chi connectivity index (χ3n) is 6.31. The zero-order chi connectivity index (χ0) is 30.2. The highest BCUT2D eigenvalue weighted by atomic mass is 79.9. The summed E-state index contributed by atoms with van der Waals surface area (Å²) in [6.07, 6.45) is 1.25. The van der Waals surface area contributed by atoms with Crippen LogP contribution in [0.1, 0.15) is 25.0 Å². The molecule has 0 unspecified atom stereocenters. The van der Waals surface area contributed by atoms with E-state index >= 15 is 0 Å². The number of ether oxygens (including phenoxy) is 1. The van der Waals surface area contributed by atoms with E-state index in [1.54, 1.807) is 6.07 Å². The van der Waals surface area contributed by atoms with Crippen LogP contribution in [0.25, 0.3) is 0 Å². The van der Waals surface area contributed by atoms with Crippen molar-refractivity contribution < 1.29 is 22.7 Å². The molecule has 0 saturated heterocycles. The maximum atomic E-state index is 14.2. The first kappa shape index (κ1) is 32.4. The van der Waals surface area contributed by atoms with Crippen LogP contribution in [0.2, 0.25) is 5.02 Å². The lowest BCUT2D eigenvalue weighted by Crippen LogP contribution is -2.53. The van der Waals surface area contributed by atoms with Crippen LogP contribution < -0.4 is 14.4 Å². The standard InChI is InChI=1S/C30H35BrClN3O5S/c1-21(2)18-33-30(37)27(16-22-8-6-5-7-9-22)34(19-23-10-12-24(31)13-11-23)29(36)20-35(41(4,38)39)26-17-25(32)14-15-28(26)40-3/h5-15,17,21,27H,16,18-20H2,1-4H3,(H,33,37)/t27-/m1/s1. The predicted octanol–water partition coefficient (Wildman–Crippen LogP) is 5.29. The van der Waals surface area contributed by atoms with Crippen molar-refractivity contribution >= 4 is 55.1 Å². The highest BCUT2D eigenvalue weighted by Gasteiger charge is 2.33. The van der Waals surface area contributed by atoms with Gasteiger partial charge in [-0.05, 0) is 47.4 Å². The maximum absolute atomic E-state index is 14.2. The molecule has 0 fully saturated rings. The Bertz CT molecular complexity index is 1440. The normalized spacial score (nSPS) is 12.1. The van der Waals surface area contributed by atoms with Crippen molar-refractivity contribution in [1.82, 2.24) is 10.2 Å². The summed E-state index contributed by atoms with van der Waals surface area (Å²) >= 11 is 9.63. The summed E-state index contributed by atoms with van der Waals surface area (Å²) in [4.78, 5) is 29.3. The molecular weight excluding hydrogens is 630 g/mol. The fourth-order valence-electron chi connectivity index (χ4n) is 4.22. The van der Waals surface area contributed by atoms with Crippen molar-refractivity contribution in [3.05, 3.63) is 93.4 Å². The molecule has 3 aromatic rings. The zero-order valence-corrected chi connectivity index (χ0v) is 26.7. The molecule has 3 aromatic carbocycles. The second-order valence-electron chi connectivity index (χ2n) is 10.1. The number of carbonyl (C=O) groups excluding carboxylic acids is 2. The number of halogens is 2. The molecule has 2 amide bonds. The van der Waals surface area contributed by atoms with Gasteiger partial charge in [0.25, 0.3) is 0 Å². The molecule has 1 N–H and O–H groups in total. The van der Waals surface area contributed by atoms with E-state index in [-0.39, 0.29) is 41.3 Å². The van der Waals surface area contributed by atoms with Crippen LogP contribution in [0.15, 0.2) is 77.3 Å². The summed E-state index contributed by atoms with van der Waals surface area (Å²) in [6, 6.07) is 20.4. The van der Waals surface area contributed by atoms with Gasteiger partial charge in [0.1, 0.15) is 18.3 Å². The van der Waals surface area contributed by atoms with Gasteiger partial charge in [-0.25, -0.2) is 8.42 Å². The molecular formula is C30H35BrClN3O5S. The number of sulfonamides is 1. The number of rotatable bonds is 13. The van der Waals surface area contributed by atoms with E-state index in [1.165, 1.54) is 24.1 Å². The van der Waals surface area contributed by atoms with E-state index in [4.69, 9.17) is 16.3 Å². The Balaban J connectivity index is 2.08. The van der Waals surface area contributed by atoms with Gasteiger partial charge >= 0.3 is 0 Å². The number of benzene rings is 3. The number of nitrogens with one attached hydrogen (secondary N) is 1.